The first-order valence-corrected chi connectivity index (χ1v) is 6.47. The Morgan fingerprint density at radius 3 is 2.90 bits per heavy atom. The molecule has 5 heteroatoms. The van der Waals surface area contributed by atoms with Crippen LogP contribution in [0.3, 0.4) is 0 Å². The average molecular weight is 271 g/mol. The van der Waals surface area contributed by atoms with Gasteiger partial charge in [0.15, 0.2) is 0 Å². The number of halogens is 1. The molecule has 0 spiro atoms. The first-order chi connectivity index (χ1) is 9.65. The molecule has 1 aliphatic rings. The molecule has 1 aromatic carbocycles. The number of nitrogen functional groups attached to an aromatic ring is 1. The van der Waals surface area contributed by atoms with Crippen molar-refractivity contribution >= 4 is 17.3 Å². The maximum Gasteiger partial charge on any atom is 0.276 e. The van der Waals surface area contributed by atoms with Gasteiger partial charge in [0.1, 0.15) is 11.5 Å². The minimum atomic E-state index is -0.451. The molecule has 3 rings (SSSR count). The van der Waals surface area contributed by atoms with Crippen molar-refractivity contribution in [2.45, 2.75) is 12.8 Å². The molecule has 1 amide bonds. The molecule has 0 saturated carbocycles. The van der Waals surface area contributed by atoms with Crippen LogP contribution in [0.25, 0.3) is 0 Å². The molecular formula is C15H14FN3O. The van der Waals surface area contributed by atoms with E-state index in [2.05, 4.69) is 4.98 Å². The number of hydrogen-bond donors (Lipinski definition) is 1. The standard InChI is InChI=1S/C15H14FN3O/c16-11-3-5-13(18-9-11)15(20)19-7-1-2-10-8-12(17)4-6-14(10)19/h3-6,8-9H,1-2,7,17H2. The van der Waals surface area contributed by atoms with Crippen LogP contribution >= 0.6 is 0 Å². The number of carbonyl (C=O) groups is 1. The van der Waals surface area contributed by atoms with E-state index in [4.69, 9.17) is 5.73 Å². The summed E-state index contributed by atoms with van der Waals surface area (Å²) in [4.78, 5) is 18.0. The Hall–Kier alpha value is -2.43. The van der Waals surface area contributed by atoms with Crippen molar-refractivity contribution in [1.82, 2.24) is 4.98 Å². The van der Waals surface area contributed by atoms with E-state index in [1.807, 2.05) is 12.1 Å². The van der Waals surface area contributed by atoms with Gasteiger partial charge in [-0.3, -0.25) is 4.79 Å². The van der Waals surface area contributed by atoms with Crippen molar-refractivity contribution in [1.29, 1.82) is 0 Å². The number of hydrogen-bond acceptors (Lipinski definition) is 3. The summed E-state index contributed by atoms with van der Waals surface area (Å²) >= 11 is 0. The van der Waals surface area contributed by atoms with Gasteiger partial charge in [-0.15, -0.1) is 0 Å². The maximum atomic E-state index is 12.9. The highest BCUT2D eigenvalue weighted by Gasteiger charge is 2.24. The number of nitrogens with two attached hydrogens (primary N) is 1. The van der Waals surface area contributed by atoms with E-state index in [1.54, 1.807) is 11.0 Å². The van der Waals surface area contributed by atoms with Crippen molar-refractivity contribution in [3.63, 3.8) is 0 Å². The summed E-state index contributed by atoms with van der Waals surface area (Å²) in [5.41, 5.74) is 8.64. The molecule has 0 radical (unpaired) electrons. The van der Waals surface area contributed by atoms with Crippen LogP contribution in [0.2, 0.25) is 0 Å². The summed E-state index contributed by atoms with van der Waals surface area (Å²) in [5.74, 6) is -0.663. The number of pyridine rings is 1. The lowest BCUT2D eigenvalue weighted by Crippen LogP contribution is -2.36. The zero-order valence-corrected chi connectivity index (χ0v) is 10.8. The summed E-state index contributed by atoms with van der Waals surface area (Å²) in [6.07, 6.45) is 2.84. The minimum absolute atomic E-state index is 0.212. The van der Waals surface area contributed by atoms with E-state index < -0.39 is 5.82 Å². The molecule has 0 fully saturated rings. The molecular weight excluding hydrogens is 257 g/mol. The maximum absolute atomic E-state index is 12.9. The van der Waals surface area contributed by atoms with Crippen molar-refractivity contribution < 1.29 is 9.18 Å². The molecule has 102 valence electrons. The number of amides is 1. The molecule has 1 aliphatic heterocycles. The van der Waals surface area contributed by atoms with Crippen LogP contribution in [0, 0.1) is 5.82 Å². The van der Waals surface area contributed by atoms with E-state index in [0.29, 0.717) is 12.2 Å². The second kappa shape index (κ2) is 4.92. The lowest BCUT2D eigenvalue weighted by molar-refractivity contribution is 0.0980. The number of fused-ring (bicyclic) bond motifs is 1. The Kier molecular flexibility index (Phi) is 3.10. The molecule has 2 N–H and O–H groups in total. The fraction of sp³-hybridized carbons (Fsp3) is 0.200. The van der Waals surface area contributed by atoms with Gasteiger partial charge >= 0.3 is 0 Å². The monoisotopic (exact) mass is 271 g/mol. The summed E-state index contributed by atoms with van der Waals surface area (Å²) in [6, 6.07) is 8.18. The van der Waals surface area contributed by atoms with E-state index in [1.165, 1.54) is 12.1 Å². The second-order valence-corrected chi connectivity index (χ2v) is 4.81. The largest absolute Gasteiger partial charge is 0.399 e. The van der Waals surface area contributed by atoms with Crippen LogP contribution in [0.15, 0.2) is 36.5 Å². The predicted molar refractivity (Wildman–Crippen MR) is 75.0 cm³/mol. The van der Waals surface area contributed by atoms with Crippen molar-refractivity contribution in [2.75, 3.05) is 17.2 Å². The summed E-state index contributed by atoms with van der Waals surface area (Å²) in [7, 11) is 0. The fourth-order valence-corrected chi connectivity index (χ4v) is 2.47. The Morgan fingerprint density at radius 2 is 2.15 bits per heavy atom. The van der Waals surface area contributed by atoms with Gasteiger partial charge in [0.2, 0.25) is 0 Å². The third-order valence-corrected chi connectivity index (χ3v) is 3.41. The lowest BCUT2D eigenvalue weighted by atomic mass is 10.0. The topological polar surface area (TPSA) is 59.2 Å². The third kappa shape index (κ3) is 2.22. The Labute approximate surface area is 116 Å². The van der Waals surface area contributed by atoms with Gasteiger partial charge in [-0.05, 0) is 48.7 Å². The van der Waals surface area contributed by atoms with Crippen LogP contribution in [0.4, 0.5) is 15.8 Å². The first-order valence-electron chi connectivity index (χ1n) is 6.47. The SMILES string of the molecule is Nc1ccc2c(c1)CCCN2C(=O)c1ccc(F)cn1. The van der Waals surface area contributed by atoms with Crippen LogP contribution in [-0.2, 0) is 6.42 Å². The minimum Gasteiger partial charge on any atom is -0.399 e. The zero-order valence-electron chi connectivity index (χ0n) is 10.8. The van der Waals surface area contributed by atoms with Crippen LogP contribution in [0.5, 0.6) is 0 Å². The number of aryl methyl sites for hydroxylation is 1. The van der Waals surface area contributed by atoms with E-state index in [-0.39, 0.29) is 11.6 Å². The molecule has 4 nitrogen and oxygen atoms in total. The zero-order chi connectivity index (χ0) is 14.1. The highest BCUT2D eigenvalue weighted by atomic mass is 19.1. The van der Waals surface area contributed by atoms with Gasteiger partial charge in [0.05, 0.1) is 6.20 Å². The fourth-order valence-electron chi connectivity index (χ4n) is 2.47. The van der Waals surface area contributed by atoms with Crippen molar-refractivity contribution in [2.24, 2.45) is 0 Å². The summed E-state index contributed by atoms with van der Waals surface area (Å²) in [5, 5.41) is 0. The molecule has 2 heterocycles. The number of rotatable bonds is 1. The molecule has 0 unspecified atom stereocenters. The van der Waals surface area contributed by atoms with E-state index in [0.717, 1.165) is 30.3 Å². The van der Waals surface area contributed by atoms with Gasteiger partial charge in [0, 0.05) is 17.9 Å². The van der Waals surface area contributed by atoms with Crippen molar-refractivity contribution in [3.8, 4) is 0 Å². The molecule has 0 atom stereocenters. The Bertz CT molecular complexity index is 655. The van der Waals surface area contributed by atoms with Gasteiger partial charge in [-0.1, -0.05) is 0 Å². The molecule has 0 bridgehead atoms. The molecule has 2 aromatic rings. The Morgan fingerprint density at radius 1 is 1.30 bits per heavy atom. The van der Waals surface area contributed by atoms with Gasteiger partial charge in [-0.25, -0.2) is 9.37 Å². The van der Waals surface area contributed by atoms with Gasteiger partial charge < -0.3 is 10.6 Å². The van der Waals surface area contributed by atoms with E-state index in [9.17, 15) is 9.18 Å². The lowest BCUT2D eigenvalue weighted by Gasteiger charge is -2.29. The number of nitrogens with zero attached hydrogens (tertiary/aromatic N) is 2. The van der Waals surface area contributed by atoms with Crippen LogP contribution in [0.1, 0.15) is 22.5 Å². The van der Waals surface area contributed by atoms with E-state index >= 15 is 0 Å². The smallest absolute Gasteiger partial charge is 0.276 e. The average Bonchev–Trinajstić information content (AvgIpc) is 2.46. The number of benzene rings is 1. The molecule has 0 aliphatic carbocycles. The summed E-state index contributed by atoms with van der Waals surface area (Å²) in [6.45, 7) is 0.634. The molecule has 0 saturated heterocycles. The van der Waals surface area contributed by atoms with Gasteiger partial charge in [-0.2, -0.15) is 0 Å². The number of aromatic nitrogens is 1. The normalized spacial score (nSPS) is 13.9. The van der Waals surface area contributed by atoms with Crippen molar-refractivity contribution in [3.05, 3.63) is 53.6 Å². The van der Waals surface area contributed by atoms with Crippen LogP contribution < -0.4 is 10.6 Å². The number of anilines is 2. The quantitative estimate of drug-likeness (QED) is 0.810. The summed E-state index contributed by atoms with van der Waals surface area (Å²) < 4.78 is 12.9. The molecule has 1 aromatic heterocycles. The predicted octanol–water partition coefficient (Wildman–Crippen LogP) is 2.40. The first kappa shape index (κ1) is 12.6. The Balaban J connectivity index is 1.96. The highest BCUT2D eigenvalue weighted by Crippen LogP contribution is 2.29. The third-order valence-electron chi connectivity index (χ3n) is 3.41. The second-order valence-electron chi connectivity index (χ2n) is 4.81. The highest BCUT2D eigenvalue weighted by molar-refractivity contribution is 6.05. The van der Waals surface area contributed by atoms with Gasteiger partial charge in [0.25, 0.3) is 5.91 Å². The van der Waals surface area contributed by atoms with Crippen LogP contribution in [-0.4, -0.2) is 17.4 Å². The number of carbonyl (C=O) groups excluding carboxylic acids is 1. The molecule has 20 heavy (non-hydrogen) atoms.